The number of primary sulfonamides is 1. The number of piperazine rings is 1. The molecule has 0 amide bonds. The molecule has 1 aliphatic heterocycles. The SMILES string of the molecule is C[C@@H]1CNC[C@H](C)N1c1ccc(-c2cnc3c(-c4ccc(S(N)(=O)=O)c(N)c4)cnn3c2)cc1. The lowest BCUT2D eigenvalue weighted by Gasteiger charge is -2.41. The van der Waals surface area contributed by atoms with Crippen molar-refractivity contribution in [2.24, 2.45) is 5.14 Å². The van der Waals surface area contributed by atoms with E-state index < -0.39 is 10.0 Å². The summed E-state index contributed by atoms with van der Waals surface area (Å²) < 4.78 is 25.0. The van der Waals surface area contributed by atoms with E-state index in [9.17, 15) is 8.42 Å². The quantitative estimate of drug-likeness (QED) is 0.385. The summed E-state index contributed by atoms with van der Waals surface area (Å²) in [5, 5.41) is 13.1. The van der Waals surface area contributed by atoms with Gasteiger partial charge in [0.2, 0.25) is 10.0 Å². The number of nitrogen functional groups attached to an aromatic ring is 1. The van der Waals surface area contributed by atoms with Gasteiger partial charge in [-0.2, -0.15) is 5.10 Å². The van der Waals surface area contributed by atoms with E-state index in [4.69, 9.17) is 10.9 Å². The molecule has 0 radical (unpaired) electrons. The number of anilines is 2. The Bertz CT molecular complexity index is 1450. The molecule has 0 spiro atoms. The Labute approximate surface area is 198 Å². The average molecular weight is 478 g/mol. The smallest absolute Gasteiger partial charge is 0.240 e. The van der Waals surface area contributed by atoms with E-state index in [0.717, 1.165) is 29.8 Å². The molecule has 34 heavy (non-hydrogen) atoms. The third kappa shape index (κ3) is 4.00. The molecule has 3 heterocycles. The summed E-state index contributed by atoms with van der Waals surface area (Å²) in [6, 6.07) is 14.0. The molecule has 5 rings (SSSR count). The van der Waals surface area contributed by atoms with Crippen molar-refractivity contribution >= 4 is 27.0 Å². The molecule has 0 bridgehead atoms. The van der Waals surface area contributed by atoms with Crippen LogP contribution in [0.2, 0.25) is 0 Å². The number of aromatic nitrogens is 3. The predicted octanol–water partition coefficient (Wildman–Crippen LogP) is 2.48. The molecule has 0 aliphatic carbocycles. The van der Waals surface area contributed by atoms with Crippen LogP contribution in [-0.2, 0) is 10.0 Å². The molecular formula is C24H27N7O2S. The van der Waals surface area contributed by atoms with Gasteiger partial charge in [-0.05, 0) is 49.2 Å². The summed E-state index contributed by atoms with van der Waals surface area (Å²) in [7, 11) is -3.88. The third-order valence-corrected chi connectivity index (χ3v) is 7.30. The number of fused-ring (bicyclic) bond motifs is 1. The van der Waals surface area contributed by atoms with Gasteiger partial charge >= 0.3 is 0 Å². The summed E-state index contributed by atoms with van der Waals surface area (Å²) in [5.41, 5.74) is 11.3. The maximum atomic E-state index is 11.6. The topological polar surface area (TPSA) is 132 Å². The molecule has 1 aliphatic rings. The first kappa shape index (κ1) is 22.3. The van der Waals surface area contributed by atoms with E-state index in [0.29, 0.717) is 23.3 Å². The van der Waals surface area contributed by atoms with E-state index in [2.05, 4.69) is 58.4 Å². The monoisotopic (exact) mass is 477 g/mol. The Hall–Kier alpha value is -3.47. The Balaban J connectivity index is 1.45. The van der Waals surface area contributed by atoms with Gasteiger partial charge in [0.05, 0.1) is 11.9 Å². The largest absolute Gasteiger partial charge is 0.398 e. The van der Waals surface area contributed by atoms with E-state index in [1.807, 2.05) is 12.4 Å². The zero-order valence-electron chi connectivity index (χ0n) is 19.0. The van der Waals surface area contributed by atoms with Gasteiger partial charge in [0.1, 0.15) is 4.90 Å². The van der Waals surface area contributed by atoms with Crippen molar-refractivity contribution in [2.45, 2.75) is 30.8 Å². The summed E-state index contributed by atoms with van der Waals surface area (Å²) >= 11 is 0. The molecule has 176 valence electrons. The van der Waals surface area contributed by atoms with Gasteiger partial charge in [-0.1, -0.05) is 18.2 Å². The number of nitrogens with zero attached hydrogens (tertiary/aromatic N) is 4. The van der Waals surface area contributed by atoms with Gasteiger partial charge in [-0.3, -0.25) is 0 Å². The fraction of sp³-hybridized carbons (Fsp3) is 0.250. The molecular weight excluding hydrogens is 450 g/mol. The Morgan fingerprint density at radius 2 is 1.65 bits per heavy atom. The van der Waals surface area contributed by atoms with E-state index >= 15 is 0 Å². The highest BCUT2D eigenvalue weighted by Gasteiger charge is 2.24. The van der Waals surface area contributed by atoms with Crippen LogP contribution in [0.4, 0.5) is 11.4 Å². The molecule has 1 fully saturated rings. The average Bonchev–Trinajstić information content (AvgIpc) is 3.22. The van der Waals surface area contributed by atoms with Crippen LogP contribution in [0.25, 0.3) is 27.9 Å². The van der Waals surface area contributed by atoms with Crippen LogP contribution in [0.1, 0.15) is 13.8 Å². The van der Waals surface area contributed by atoms with Crippen molar-refractivity contribution in [1.29, 1.82) is 0 Å². The molecule has 2 atom stereocenters. The first-order valence-corrected chi connectivity index (χ1v) is 12.6. The van der Waals surface area contributed by atoms with Gasteiger partial charge in [0, 0.05) is 54.4 Å². The number of rotatable bonds is 4. The summed E-state index contributed by atoms with van der Waals surface area (Å²) in [6.07, 6.45) is 5.43. The van der Waals surface area contributed by atoms with Crippen LogP contribution >= 0.6 is 0 Å². The number of nitrogens with one attached hydrogen (secondary N) is 1. The molecule has 1 saturated heterocycles. The van der Waals surface area contributed by atoms with Crippen molar-refractivity contribution in [3.63, 3.8) is 0 Å². The fourth-order valence-electron chi connectivity index (χ4n) is 4.67. The lowest BCUT2D eigenvalue weighted by Crippen LogP contribution is -2.55. The zero-order valence-corrected chi connectivity index (χ0v) is 19.8. The molecule has 9 nitrogen and oxygen atoms in total. The normalized spacial score (nSPS) is 19.0. The molecule has 10 heteroatoms. The standard InChI is InChI=1S/C24H27N7O2S/c1-15-10-27-11-16(2)31(15)20-6-3-17(4-7-20)19-12-28-24-21(13-29-30(24)14-19)18-5-8-23(22(25)9-18)34(26,32)33/h3-9,12-16,27H,10-11,25H2,1-2H3,(H2,26,32,33)/t15-,16+. The Kier molecular flexibility index (Phi) is 5.51. The minimum absolute atomic E-state index is 0.0872. The van der Waals surface area contributed by atoms with Gasteiger partial charge < -0.3 is 16.0 Å². The van der Waals surface area contributed by atoms with E-state index in [-0.39, 0.29) is 10.6 Å². The van der Waals surface area contributed by atoms with E-state index in [1.165, 1.54) is 11.8 Å². The van der Waals surface area contributed by atoms with Crippen LogP contribution in [0.15, 0.2) is 66.0 Å². The molecule has 0 unspecified atom stereocenters. The summed E-state index contributed by atoms with van der Waals surface area (Å²) in [6.45, 7) is 6.43. The fourth-order valence-corrected chi connectivity index (χ4v) is 5.31. The van der Waals surface area contributed by atoms with Crippen LogP contribution in [-0.4, -0.2) is 48.2 Å². The van der Waals surface area contributed by atoms with Crippen LogP contribution in [0.3, 0.4) is 0 Å². The maximum absolute atomic E-state index is 11.6. The van der Waals surface area contributed by atoms with Crippen LogP contribution in [0.5, 0.6) is 0 Å². The molecule has 0 saturated carbocycles. The van der Waals surface area contributed by atoms with E-state index in [1.54, 1.807) is 22.8 Å². The van der Waals surface area contributed by atoms with Crippen molar-refractivity contribution < 1.29 is 8.42 Å². The van der Waals surface area contributed by atoms with Gasteiger partial charge in [-0.25, -0.2) is 23.1 Å². The van der Waals surface area contributed by atoms with Crippen molar-refractivity contribution in [2.75, 3.05) is 23.7 Å². The van der Waals surface area contributed by atoms with Gasteiger partial charge in [0.25, 0.3) is 0 Å². The second kappa shape index (κ2) is 8.39. The number of sulfonamides is 1. The lowest BCUT2D eigenvalue weighted by atomic mass is 10.0. The van der Waals surface area contributed by atoms with Crippen LogP contribution < -0.4 is 21.1 Å². The minimum atomic E-state index is -3.88. The predicted molar refractivity (Wildman–Crippen MR) is 134 cm³/mol. The van der Waals surface area contributed by atoms with Gasteiger partial charge in [0.15, 0.2) is 5.65 Å². The highest BCUT2D eigenvalue weighted by atomic mass is 32.2. The highest BCUT2D eigenvalue weighted by Crippen LogP contribution is 2.30. The maximum Gasteiger partial charge on any atom is 0.240 e. The molecule has 4 aromatic rings. The third-order valence-electron chi connectivity index (χ3n) is 6.31. The van der Waals surface area contributed by atoms with Crippen molar-refractivity contribution in [3.05, 3.63) is 61.1 Å². The minimum Gasteiger partial charge on any atom is -0.398 e. The Morgan fingerprint density at radius 1 is 0.971 bits per heavy atom. The first-order valence-electron chi connectivity index (χ1n) is 11.1. The zero-order chi connectivity index (χ0) is 24.0. The second-order valence-corrected chi connectivity index (χ2v) is 10.3. The number of nitrogens with two attached hydrogens (primary N) is 2. The molecule has 2 aromatic heterocycles. The lowest BCUT2D eigenvalue weighted by molar-refractivity contribution is 0.432. The van der Waals surface area contributed by atoms with Crippen LogP contribution in [0, 0.1) is 0 Å². The summed E-state index contributed by atoms with van der Waals surface area (Å²) in [4.78, 5) is 6.98. The van der Waals surface area contributed by atoms with Crippen molar-refractivity contribution in [1.82, 2.24) is 19.9 Å². The highest BCUT2D eigenvalue weighted by molar-refractivity contribution is 7.89. The number of benzene rings is 2. The number of hydrogen-bond acceptors (Lipinski definition) is 7. The van der Waals surface area contributed by atoms with Crippen molar-refractivity contribution in [3.8, 4) is 22.3 Å². The number of hydrogen-bond donors (Lipinski definition) is 3. The van der Waals surface area contributed by atoms with Gasteiger partial charge in [-0.15, -0.1) is 0 Å². The second-order valence-electron chi connectivity index (χ2n) is 8.78. The molecule has 5 N–H and O–H groups in total. The summed E-state index contributed by atoms with van der Waals surface area (Å²) in [5.74, 6) is 0. The Morgan fingerprint density at radius 3 is 2.29 bits per heavy atom. The molecule has 2 aromatic carbocycles. The first-order chi connectivity index (χ1) is 16.2.